The third-order valence-electron chi connectivity index (χ3n) is 4.62. The standard InChI is InChI=1S/C26H39NO2/c1-2-3-4-5-6-7-8-9-10-11-12-13-14-15-16-17-18-21-26(28)29-24-25-20-19-22-27-23-25/h6-7,9-10,13-14,19-20,22-23H,2-5,8,11-12,15-18,21,24H2,1H3/b7-6-,10-9-,14-13-. The van der Waals surface area contributed by atoms with Crippen LogP contribution in [0.4, 0.5) is 0 Å². The molecule has 1 heterocycles. The zero-order valence-electron chi connectivity index (χ0n) is 18.2. The van der Waals surface area contributed by atoms with Crippen molar-refractivity contribution >= 4 is 5.97 Å². The number of pyridine rings is 1. The Balaban J connectivity index is 1.87. The number of unbranched alkanes of at least 4 members (excludes halogenated alkanes) is 7. The Hall–Kier alpha value is -2.16. The first-order valence-corrected chi connectivity index (χ1v) is 11.3. The van der Waals surface area contributed by atoms with Crippen LogP contribution in [-0.2, 0) is 16.1 Å². The van der Waals surface area contributed by atoms with Crippen LogP contribution >= 0.6 is 0 Å². The van der Waals surface area contributed by atoms with Gasteiger partial charge in [-0.1, -0.05) is 68.7 Å². The fourth-order valence-electron chi connectivity index (χ4n) is 2.87. The normalized spacial score (nSPS) is 11.8. The smallest absolute Gasteiger partial charge is 0.306 e. The van der Waals surface area contributed by atoms with Crippen LogP contribution in [0.25, 0.3) is 0 Å². The van der Waals surface area contributed by atoms with Gasteiger partial charge in [0.1, 0.15) is 6.61 Å². The summed E-state index contributed by atoms with van der Waals surface area (Å²) in [6, 6.07) is 3.76. The molecule has 3 heteroatoms. The van der Waals surface area contributed by atoms with Crippen molar-refractivity contribution in [1.29, 1.82) is 0 Å². The van der Waals surface area contributed by atoms with E-state index >= 15 is 0 Å². The van der Waals surface area contributed by atoms with Crippen LogP contribution in [0.1, 0.15) is 89.5 Å². The van der Waals surface area contributed by atoms with Gasteiger partial charge in [0.2, 0.25) is 0 Å². The molecule has 0 N–H and O–H groups in total. The summed E-state index contributed by atoms with van der Waals surface area (Å²) >= 11 is 0. The van der Waals surface area contributed by atoms with Gasteiger partial charge in [0.15, 0.2) is 0 Å². The molecule has 0 aromatic carbocycles. The van der Waals surface area contributed by atoms with Crippen LogP contribution in [0.3, 0.4) is 0 Å². The second-order valence-electron chi connectivity index (χ2n) is 7.34. The Morgan fingerprint density at radius 1 is 0.897 bits per heavy atom. The predicted molar refractivity (Wildman–Crippen MR) is 123 cm³/mol. The fraction of sp³-hybridized carbons (Fsp3) is 0.538. The summed E-state index contributed by atoms with van der Waals surface area (Å²) in [6.45, 7) is 2.56. The van der Waals surface area contributed by atoms with Gasteiger partial charge in [-0.2, -0.15) is 0 Å². The average molecular weight is 398 g/mol. The van der Waals surface area contributed by atoms with Crippen molar-refractivity contribution in [3.63, 3.8) is 0 Å². The summed E-state index contributed by atoms with van der Waals surface area (Å²) in [4.78, 5) is 15.7. The maximum absolute atomic E-state index is 11.7. The Kier molecular flexibility index (Phi) is 16.4. The Morgan fingerprint density at radius 3 is 2.31 bits per heavy atom. The molecule has 0 amide bonds. The van der Waals surface area contributed by atoms with Crippen molar-refractivity contribution in [2.24, 2.45) is 0 Å². The SMILES string of the molecule is CCCCC/C=C\C/C=C\CC/C=C\CCCCCC(=O)OCc1cccnc1. The van der Waals surface area contributed by atoms with Crippen LogP contribution < -0.4 is 0 Å². The fourth-order valence-corrected chi connectivity index (χ4v) is 2.87. The number of aromatic nitrogens is 1. The zero-order valence-corrected chi connectivity index (χ0v) is 18.2. The lowest BCUT2D eigenvalue weighted by molar-refractivity contribution is -0.145. The minimum Gasteiger partial charge on any atom is -0.461 e. The van der Waals surface area contributed by atoms with Gasteiger partial charge in [0.25, 0.3) is 0 Å². The summed E-state index contributed by atoms with van der Waals surface area (Å²) in [6.07, 6.45) is 30.2. The molecule has 160 valence electrons. The van der Waals surface area contributed by atoms with E-state index in [1.807, 2.05) is 12.1 Å². The molecule has 0 fully saturated rings. The maximum Gasteiger partial charge on any atom is 0.306 e. The summed E-state index contributed by atoms with van der Waals surface area (Å²) in [5.41, 5.74) is 0.930. The second kappa shape index (κ2) is 19.2. The average Bonchev–Trinajstić information content (AvgIpc) is 2.75. The van der Waals surface area contributed by atoms with Gasteiger partial charge in [0, 0.05) is 24.4 Å². The summed E-state index contributed by atoms with van der Waals surface area (Å²) in [7, 11) is 0. The topological polar surface area (TPSA) is 39.2 Å². The van der Waals surface area contributed by atoms with Crippen LogP contribution in [-0.4, -0.2) is 11.0 Å². The van der Waals surface area contributed by atoms with E-state index in [1.165, 1.54) is 25.7 Å². The minimum absolute atomic E-state index is 0.119. The minimum atomic E-state index is -0.119. The highest BCUT2D eigenvalue weighted by Gasteiger charge is 2.03. The van der Waals surface area contributed by atoms with Crippen LogP contribution in [0.2, 0.25) is 0 Å². The maximum atomic E-state index is 11.7. The first-order valence-electron chi connectivity index (χ1n) is 11.3. The number of carbonyl (C=O) groups is 1. The molecular formula is C26H39NO2. The number of nitrogens with zero attached hydrogens (tertiary/aromatic N) is 1. The summed E-state index contributed by atoms with van der Waals surface area (Å²) in [5, 5.41) is 0. The van der Waals surface area contributed by atoms with Crippen molar-refractivity contribution in [3.05, 3.63) is 66.5 Å². The van der Waals surface area contributed by atoms with Gasteiger partial charge in [0.05, 0.1) is 0 Å². The van der Waals surface area contributed by atoms with E-state index in [2.05, 4.69) is 48.4 Å². The number of carbonyl (C=O) groups excluding carboxylic acids is 1. The number of ether oxygens (including phenoxy) is 1. The Labute approximate surface area is 178 Å². The lowest BCUT2D eigenvalue weighted by Crippen LogP contribution is -2.04. The second-order valence-corrected chi connectivity index (χ2v) is 7.34. The van der Waals surface area contributed by atoms with Gasteiger partial charge in [-0.05, 0) is 57.4 Å². The molecule has 0 bridgehead atoms. The molecule has 0 aliphatic carbocycles. The van der Waals surface area contributed by atoms with E-state index < -0.39 is 0 Å². The molecule has 1 aromatic rings. The monoisotopic (exact) mass is 397 g/mol. The van der Waals surface area contributed by atoms with Crippen molar-refractivity contribution in [2.45, 2.75) is 90.6 Å². The number of hydrogen-bond acceptors (Lipinski definition) is 3. The molecule has 1 rings (SSSR count). The highest BCUT2D eigenvalue weighted by atomic mass is 16.5. The highest BCUT2D eigenvalue weighted by molar-refractivity contribution is 5.69. The first kappa shape index (κ1) is 24.9. The molecule has 29 heavy (non-hydrogen) atoms. The van der Waals surface area contributed by atoms with E-state index in [4.69, 9.17) is 4.74 Å². The number of allylic oxidation sites excluding steroid dienone is 6. The van der Waals surface area contributed by atoms with Crippen molar-refractivity contribution in [3.8, 4) is 0 Å². The molecule has 0 spiro atoms. The third-order valence-corrected chi connectivity index (χ3v) is 4.62. The van der Waals surface area contributed by atoms with Crippen molar-refractivity contribution < 1.29 is 9.53 Å². The predicted octanol–water partition coefficient (Wildman–Crippen LogP) is 7.49. The van der Waals surface area contributed by atoms with E-state index in [-0.39, 0.29) is 5.97 Å². The summed E-state index contributed by atoms with van der Waals surface area (Å²) < 4.78 is 5.25. The largest absolute Gasteiger partial charge is 0.461 e. The van der Waals surface area contributed by atoms with Crippen LogP contribution in [0.15, 0.2) is 61.0 Å². The molecule has 0 unspecified atom stereocenters. The Morgan fingerprint density at radius 2 is 1.59 bits per heavy atom. The molecule has 0 saturated heterocycles. The Bertz CT molecular complexity index is 590. The van der Waals surface area contributed by atoms with Gasteiger partial charge < -0.3 is 4.74 Å². The zero-order chi connectivity index (χ0) is 20.8. The first-order chi connectivity index (χ1) is 14.3. The van der Waals surface area contributed by atoms with E-state index in [9.17, 15) is 4.79 Å². The summed E-state index contributed by atoms with van der Waals surface area (Å²) in [5.74, 6) is -0.119. The third kappa shape index (κ3) is 16.5. The van der Waals surface area contributed by atoms with Crippen molar-refractivity contribution in [1.82, 2.24) is 4.98 Å². The molecule has 1 aromatic heterocycles. The molecule has 0 saturated carbocycles. The van der Waals surface area contributed by atoms with E-state index in [0.29, 0.717) is 13.0 Å². The number of rotatable bonds is 17. The molecule has 0 atom stereocenters. The lowest BCUT2D eigenvalue weighted by Gasteiger charge is -2.04. The van der Waals surface area contributed by atoms with E-state index in [0.717, 1.165) is 50.5 Å². The molecular weight excluding hydrogens is 358 g/mol. The highest BCUT2D eigenvalue weighted by Crippen LogP contribution is 2.07. The van der Waals surface area contributed by atoms with Crippen LogP contribution in [0.5, 0.6) is 0 Å². The van der Waals surface area contributed by atoms with Crippen molar-refractivity contribution in [2.75, 3.05) is 0 Å². The quantitative estimate of drug-likeness (QED) is 0.155. The van der Waals surface area contributed by atoms with E-state index in [1.54, 1.807) is 12.4 Å². The van der Waals surface area contributed by atoms with Gasteiger partial charge >= 0.3 is 5.97 Å². The van der Waals surface area contributed by atoms with Crippen LogP contribution in [0, 0.1) is 0 Å². The lowest BCUT2D eigenvalue weighted by atomic mass is 10.1. The van der Waals surface area contributed by atoms with Gasteiger partial charge in [-0.15, -0.1) is 0 Å². The number of esters is 1. The number of hydrogen-bond donors (Lipinski definition) is 0. The molecule has 3 nitrogen and oxygen atoms in total. The molecule has 0 aliphatic rings. The van der Waals surface area contributed by atoms with Gasteiger partial charge in [-0.3, -0.25) is 9.78 Å². The molecule has 0 radical (unpaired) electrons. The van der Waals surface area contributed by atoms with Gasteiger partial charge in [-0.25, -0.2) is 0 Å². The molecule has 0 aliphatic heterocycles.